The van der Waals surface area contributed by atoms with Crippen LogP contribution in [0.25, 0.3) is 109 Å². The lowest BCUT2D eigenvalue weighted by molar-refractivity contribution is 0.623. The first-order valence-electron chi connectivity index (χ1n) is 17.2. The Hall–Kier alpha value is -6.76. The Bertz CT molecular complexity index is 3190. The molecular weight excluding hydrogens is 657 g/mol. The maximum atomic E-state index is 6.55. The number of hydrogen-bond donors (Lipinski definition) is 0. The van der Waals surface area contributed by atoms with E-state index in [0.717, 1.165) is 59.6 Å². The Balaban J connectivity index is 1.14. The third-order valence-corrected chi connectivity index (χ3v) is 11.0. The zero-order valence-electron chi connectivity index (χ0n) is 27.6. The summed E-state index contributed by atoms with van der Waals surface area (Å²) < 4.78 is 8.90. The topological polar surface area (TPSA) is 64.7 Å². The van der Waals surface area contributed by atoms with Crippen molar-refractivity contribution < 1.29 is 4.42 Å². The van der Waals surface area contributed by atoms with Crippen molar-refractivity contribution in [2.24, 2.45) is 0 Å². The van der Waals surface area contributed by atoms with Gasteiger partial charge < -0.3 is 4.42 Å². The molecule has 11 aromatic rings. The Morgan fingerprint density at radius 1 is 0.385 bits per heavy atom. The van der Waals surface area contributed by atoms with E-state index in [1.807, 2.05) is 60.7 Å². The van der Waals surface area contributed by atoms with Gasteiger partial charge in [-0.05, 0) is 74.8 Å². The first-order valence-corrected chi connectivity index (χ1v) is 18.0. The van der Waals surface area contributed by atoms with Crippen molar-refractivity contribution in [2.75, 3.05) is 0 Å². The number of oxazole rings is 1. The highest BCUT2D eigenvalue weighted by molar-refractivity contribution is 7.26. The average Bonchev–Trinajstić information content (AvgIpc) is 3.83. The van der Waals surface area contributed by atoms with Crippen LogP contribution in [0.3, 0.4) is 0 Å². The largest absolute Gasteiger partial charge is 0.435 e. The lowest BCUT2D eigenvalue weighted by Gasteiger charge is -2.11. The Labute approximate surface area is 301 Å². The molecule has 0 fully saturated rings. The summed E-state index contributed by atoms with van der Waals surface area (Å²) in [5, 5.41) is 9.25. The molecule has 6 heteroatoms. The van der Waals surface area contributed by atoms with E-state index in [1.165, 1.54) is 26.2 Å². The minimum absolute atomic E-state index is 0.622. The van der Waals surface area contributed by atoms with Crippen LogP contribution in [0, 0.1) is 0 Å². The molecule has 8 aromatic carbocycles. The summed E-state index contributed by atoms with van der Waals surface area (Å²) in [6, 6.07) is 54.6. The Morgan fingerprint density at radius 3 is 1.67 bits per heavy atom. The fourth-order valence-corrected chi connectivity index (χ4v) is 8.51. The van der Waals surface area contributed by atoms with Crippen LogP contribution in [0.5, 0.6) is 0 Å². The van der Waals surface area contributed by atoms with Gasteiger partial charge in [0.15, 0.2) is 23.1 Å². The number of nitrogens with zero attached hydrogens (tertiary/aromatic N) is 4. The number of fused-ring (bicyclic) bond motifs is 10. The molecule has 0 amide bonds. The average molecular weight is 683 g/mol. The summed E-state index contributed by atoms with van der Waals surface area (Å²) >= 11 is 1.77. The van der Waals surface area contributed by atoms with Gasteiger partial charge in [0.05, 0.1) is 0 Å². The summed E-state index contributed by atoms with van der Waals surface area (Å²) in [5.74, 6) is 2.51. The maximum Gasteiger partial charge on any atom is 0.227 e. The maximum absolute atomic E-state index is 6.55. The first kappa shape index (κ1) is 29.0. The zero-order chi connectivity index (χ0) is 34.2. The van der Waals surface area contributed by atoms with E-state index in [4.69, 9.17) is 24.4 Å². The lowest BCUT2D eigenvalue weighted by Crippen LogP contribution is -2.00. The minimum atomic E-state index is 0.622. The number of benzene rings is 8. The van der Waals surface area contributed by atoms with Crippen LogP contribution < -0.4 is 0 Å². The first-order chi connectivity index (χ1) is 25.7. The quantitative estimate of drug-likeness (QED) is 0.173. The number of thiophene rings is 1. The smallest absolute Gasteiger partial charge is 0.227 e. The van der Waals surface area contributed by atoms with E-state index in [1.54, 1.807) is 11.3 Å². The van der Waals surface area contributed by atoms with E-state index in [9.17, 15) is 0 Å². The standard InChI is InChI=1S/C46H26N4OS/c1-3-10-30(11-4-1)43-48-44(32-19-17-28-16-15-27-9-7-8-14-34(27)35(28)25-32)50-45(49-43)33-20-18-29-21-23-38-40(36(29)26-33)41-39(52-38)24-22-37-42(41)51-46(47-37)31-12-5-2-6-13-31/h1-26H. The summed E-state index contributed by atoms with van der Waals surface area (Å²) in [6.07, 6.45) is 0. The van der Waals surface area contributed by atoms with Gasteiger partial charge in [-0.1, -0.05) is 115 Å². The van der Waals surface area contributed by atoms with Gasteiger partial charge in [-0.15, -0.1) is 11.3 Å². The summed E-state index contributed by atoms with van der Waals surface area (Å²) in [7, 11) is 0. The van der Waals surface area contributed by atoms with Crippen molar-refractivity contribution in [3.8, 4) is 45.6 Å². The van der Waals surface area contributed by atoms with Gasteiger partial charge in [0, 0.05) is 42.4 Å². The van der Waals surface area contributed by atoms with Crippen molar-refractivity contribution in [1.29, 1.82) is 0 Å². The third kappa shape index (κ3) is 4.62. The molecule has 3 aromatic heterocycles. The van der Waals surface area contributed by atoms with Crippen molar-refractivity contribution in [3.05, 3.63) is 158 Å². The highest BCUT2D eigenvalue weighted by atomic mass is 32.1. The van der Waals surface area contributed by atoms with Gasteiger partial charge in [-0.25, -0.2) is 19.9 Å². The molecule has 0 aliphatic heterocycles. The van der Waals surface area contributed by atoms with Crippen LogP contribution in [-0.4, -0.2) is 19.9 Å². The molecule has 0 bridgehead atoms. The van der Waals surface area contributed by atoms with E-state index in [-0.39, 0.29) is 0 Å². The van der Waals surface area contributed by atoms with Gasteiger partial charge in [-0.3, -0.25) is 0 Å². The second kappa shape index (κ2) is 11.4. The van der Waals surface area contributed by atoms with E-state index in [0.29, 0.717) is 23.4 Å². The predicted molar refractivity (Wildman–Crippen MR) is 215 cm³/mol. The second-order valence-corrected chi connectivity index (χ2v) is 14.1. The molecular formula is C46H26N4OS. The number of aromatic nitrogens is 4. The Kier molecular flexibility index (Phi) is 6.35. The van der Waals surface area contributed by atoms with Crippen LogP contribution in [0.1, 0.15) is 0 Å². The molecule has 0 aliphatic rings. The molecule has 0 spiro atoms. The molecule has 0 N–H and O–H groups in total. The minimum Gasteiger partial charge on any atom is -0.435 e. The highest BCUT2D eigenvalue weighted by Crippen LogP contribution is 2.44. The molecule has 52 heavy (non-hydrogen) atoms. The zero-order valence-corrected chi connectivity index (χ0v) is 28.4. The van der Waals surface area contributed by atoms with E-state index in [2.05, 4.69) is 97.1 Å². The number of rotatable bonds is 4. The molecule has 11 rings (SSSR count). The molecule has 0 saturated carbocycles. The Morgan fingerprint density at radius 2 is 0.923 bits per heavy atom. The van der Waals surface area contributed by atoms with E-state index >= 15 is 0 Å². The van der Waals surface area contributed by atoms with E-state index < -0.39 is 0 Å². The van der Waals surface area contributed by atoms with Crippen LogP contribution >= 0.6 is 11.3 Å². The van der Waals surface area contributed by atoms with Gasteiger partial charge >= 0.3 is 0 Å². The molecule has 0 atom stereocenters. The molecule has 0 saturated heterocycles. The fourth-order valence-electron chi connectivity index (χ4n) is 7.39. The lowest BCUT2D eigenvalue weighted by atomic mass is 9.99. The predicted octanol–water partition coefficient (Wildman–Crippen LogP) is 12.5. The van der Waals surface area contributed by atoms with Crippen LogP contribution in [0.4, 0.5) is 0 Å². The summed E-state index contributed by atoms with van der Waals surface area (Å²) in [5.41, 5.74) is 5.40. The second-order valence-electron chi connectivity index (χ2n) is 13.0. The van der Waals surface area contributed by atoms with Gasteiger partial charge in [0.25, 0.3) is 0 Å². The van der Waals surface area contributed by atoms with Gasteiger partial charge in [0.1, 0.15) is 5.52 Å². The van der Waals surface area contributed by atoms with Crippen molar-refractivity contribution in [1.82, 2.24) is 19.9 Å². The molecule has 5 nitrogen and oxygen atoms in total. The van der Waals surface area contributed by atoms with Crippen LogP contribution in [0.15, 0.2) is 162 Å². The molecule has 242 valence electrons. The van der Waals surface area contributed by atoms with Gasteiger partial charge in [-0.2, -0.15) is 0 Å². The monoisotopic (exact) mass is 682 g/mol. The fraction of sp³-hybridized carbons (Fsp3) is 0. The van der Waals surface area contributed by atoms with Crippen molar-refractivity contribution in [3.63, 3.8) is 0 Å². The van der Waals surface area contributed by atoms with Crippen molar-refractivity contribution in [2.45, 2.75) is 0 Å². The van der Waals surface area contributed by atoms with Gasteiger partial charge in [0.2, 0.25) is 5.89 Å². The molecule has 0 aliphatic carbocycles. The van der Waals surface area contributed by atoms with Crippen LogP contribution in [0.2, 0.25) is 0 Å². The molecule has 0 unspecified atom stereocenters. The third-order valence-electron chi connectivity index (χ3n) is 9.92. The summed E-state index contributed by atoms with van der Waals surface area (Å²) in [4.78, 5) is 20.2. The summed E-state index contributed by atoms with van der Waals surface area (Å²) in [6.45, 7) is 0. The highest BCUT2D eigenvalue weighted by Gasteiger charge is 2.19. The number of hydrogen-bond acceptors (Lipinski definition) is 6. The molecule has 0 radical (unpaired) electrons. The SMILES string of the molecule is c1ccc(-c2nc(-c3ccc4ccc5ccccc5c4c3)nc(-c3ccc4ccc5sc6ccc7nc(-c8ccccc8)oc7c6c5c4c3)n2)cc1. The van der Waals surface area contributed by atoms with Crippen molar-refractivity contribution >= 4 is 74.9 Å². The van der Waals surface area contributed by atoms with Crippen LogP contribution in [-0.2, 0) is 0 Å². The normalized spacial score (nSPS) is 11.8. The molecule has 3 heterocycles.